The number of ether oxygens (including phenoxy) is 4. The van der Waals surface area contributed by atoms with Gasteiger partial charge in [0, 0.05) is 38.3 Å². The van der Waals surface area contributed by atoms with Gasteiger partial charge in [0.25, 0.3) is 0 Å². The van der Waals surface area contributed by atoms with Gasteiger partial charge in [0.05, 0.1) is 43.6 Å². The first kappa shape index (κ1) is 33.8. The van der Waals surface area contributed by atoms with Crippen molar-refractivity contribution in [2.45, 2.75) is 105 Å². The second-order valence-electron chi connectivity index (χ2n) is 10.7. The Morgan fingerprint density at radius 2 is 1.52 bits per heavy atom. The fraction of sp³-hybridized carbons (Fsp3) is 1.00. The number of nitrogens with two attached hydrogens (primary N) is 4. The lowest BCUT2D eigenvalue weighted by atomic mass is 9.83. The molecule has 17 heteroatoms. The van der Waals surface area contributed by atoms with E-state index in [1.165, 1.54) is 0 Å². The average Bonchev–Trinajstić information content (AvgIpc) is 2.93. The van der Waals surface area contributed by atoms with E-state index in [9.17, 15) is 30.6 Å². The first-order chi connectivity index (χ1) is 19.0. The van der Waals surface area contributed by atoms with E-state index in [-0.39, 0.29) is 39.1 Å². The van der Waals surface area contributed by atoms with Crippen molar-refractivity contribution in [2.75, 3.05) is 39.4 Å². The molecule has 17 nitrogen and oxygen atoms in total. The third kappa shape index (κ3) is 8.23. The van der Waals surface area contributed by atoms with Crippen molar-refractivity contribution in [3.8, 4) is 0 Å². The predicted molar refractivity (Wildman–Crippen MR) is 138 cm³/mol. The van der Waals surface area contributed by atoms with E-state index in [0.29, 0.717) is 6.54 Å². The lowest BCUT2D eigenvalue weighted by Crippen LogP contribution is -2.69. The van der Waals surface area contributed by atoms with Crippen LogP contribution in [0.2, 0.25) is 0 Å². The predicted octanol–water partition coefficient (Wildman–Crippen LogP) is -7.72. The van der Waals surface area contributed by atoms with Crippen molar-refractivity contribution in [1.29, 1.82) is 0 Å². The molecule has 0 radical (unpaired) electrons. The highest BCUT2D eigenvalue weighted by atomic mass is 16.7. The molecule has 40 heavy (non-hydrogen) atoms. The van der Waals surface area contributed by atoms with Gasteiger partial charge in [0.1, 0.15) is 36.6 Å². The molecular formula is C23H48N6O11. The van der Waals surface area contributed by atoms with Gasteiger partial charge in [-0.15, -0.1) is 0 Å². The minimum atomic E-state index is -1.50. The number of hydrogen-bond donors (Lipinski definition) is 13. The Labute approximate surface area is 232 Å². The van der Waals surface area contributed by atoms with Crippen molar-refractivity contribution < 1.29 is 54.7 Å². The van der Waals surface area contributed by atoms with Crippen LogP contribution in [0.5, 0.6) is 0 Å². The van der Waals surface area contributed by atoms with Gasteiger partial charge in [-0.3, -0.25) is 0 Å². The topological polar surface area (TPSA) is 307 Å². The highest BCUT2D eigenvalue weighted by Gasteiger charge is 2.51. The Morgan fingerprint density at radius 1 is 0.850 bits per heavy atom. The summed E-state index contributed by atoms with van der Waals surface area (Å²) < 4.78 is 23.5. The molecule has 0 aromatic rings. The lowest BCUT2D eigenvalue weighted by Gasteiger charge is -2.48. The molecule has 15 atom stereocenters. The van der Waals surface area contributed by atoms with E-state index in [1.807, 2.05) is 0 Å². The average molecular weight is 585 g/mol. The third-order valence-corrected chi connectivity index (χ3v) is 7.66. The van der Waals surface area contributed by atoms with Crippen LogP contribution in [0.15, 0.2) is 0 Å². The van der Waals surface area contributed by atoms with Crippen LogP contribution in [0.4, 0.5) is 0 Å². The van der Waals surface area contributed by atoms with E-state index in [1.54, 1.807) is 0 Å². The maximum Gasteiger partial charge on any atom is 0.186 e. The SMILES string of the molecule is NCC(O)CN[C@@H]1C[C@H](N)[C@@H](O[C@H]2O[C@H](CNCCO)[C@@H](O)C[C@H]2N)[C@H](O)[C@H]1O[C@H]1O[C@H](CO)[C@@H](O)[C@H](N)[C@H]1O. The molecule has 2 heterocycles. The molecule has 0 spiro atoms. The zero-order chi connectivity index (χ0) is 29.6. The summed E-state index contributed by atoms with van der Waals surface area (Å²) in [7, 11) is 0. The number of aliphatic hydroxyl groups excluding tert-OH is 7. The normalized spacial score (nSPS) is 45.4. The van der Waals surface area contributed by atoms with Crippen LogP contribution in [0.1, 0.15) is 12.8 Å². The molecule has 0 bridgehead atoms. The highest BCUT2D eigenvalue weighted by Crippen LogP contribution is 2.31. The van der Waals surface area contributed by atoms with Gasteiger partial charge < -0.3 is 88.3 Å². The molecule has 3 aliphatic rings. The molecule has 3 rings (SSSR count). The standard InChI is InChI=1S/C23H48N6O11/c24-5-9(32)6-29-12-3-10(25)20(39-22-11(26)4-13(33)14(37-22)7-28-1-2-30)19(36)21(12)40-23-18(35)16(27)17(34)15(8-31)38-23/h9-23,28-36H,1-8,24-27H2/t9?,10-,11+,12+,13-,14+,15+,16-,17+,18+,19-,20+,21-,22+,23+/m0/s1. The molecule has 1 aliphatic carbocycles. The van der Waals surface area contributed by atoms with Gasteiger partial charge in [-0.2, -0.15) is 0 Å². The molecule has 17 N–H and O–H groups in total. The van der Waals surface area contributed by atoms with Gasteiger partial charge >= 0.3 is 0 Å². The number of aliphatic hydroxyl groups is 7. The molecule has 3 fully saturated rings. The minimum Gasteiger partial charge on any atom is -0.395 e. The first-order valence-corrected chi connectivity index (χ1v) is 13.7. The molecule has 1 unspecified atom stereocenters. The van der Waals surface area contributed by atoms with Crippen LogP contribution in [0.25, 0.3) is 0 Å². The summed E-state index contributed by atoms with van der Waals surface area (Å²) in [5, 5.41) is 77.2. The van der Waals surface area contributed by atoms with Crippen molar-refractivity contribution >= 4 is 0 Å². The molecule has 2 aliphatic heterocycles. The monoisotopic (exact) mass is 584 g/mol. The van der Waals surface area contributed by atoms with Crippen molar-refractivity contribution in [3.05, 3.63) is 0 Å². The zero-order valence-corrected chi connectivity index (χ0v) is 22.4. The summed E-state index contributed by atoms with van der Waals surface area (Å²) in [6, 6.07) is -3.38. The summed E-state index contributed by atoms with van der Waals surface area (Å²) in [6.45, 7) is -0.120. The fourth-order valence-electron chi connectivity index (χ4n) is 5.25. The Bertz CT molecular complexity index is 747. The Hall–Kier alpha value is -0.680. The Kier molecular flexibility index (Phi) is 13.3. The summed E-state index contributed by atoms with van der Waals surface area (Å²) in [5.74, 6) is 0. The van der Waals surface area contributed by atoms with Crippen LogP contribution >= 0.6 is 0 Å². The largest absolute Gasteiger partial charge is 0.395 e. The number of nitrogens with one attached hydrogen (secondary N) is 2. The van der Waals surface area contributed by atoms with Crippen LogP contribution < -0.4 is 33.6 Å². The molecule has 2 saturated heterocycles. The first-order valence-electron chi connectivity index (χ1n) is 13.7. The van der Waals surface area contributed by atoms with E-state index >= 15 is 0 Å². The number of rotatable bonds is 13. The smallest absolute Gasteiger partial charge is 0.186 e. The summed E-state index contributed by atoms with van der Waals surface area (Å²) in [6.07, 6.45) is -12.2. The highest BCUT2D eigenvalue weighted by molar-refractivity contribution is 5.02. The van der Waals surface area contributed by atoms with E-state index in [2.05, 4.69) is 10.6 Å². The zero-order valence-electron chi connectivity index (χ0n) is 22.4. The fourth-order valence-corrected chi connectivity index (χ4v) is 5.25. The molecule has 236 valence electrons. The van der Waals surface area contributed by atoms with Crippen LogP contribution in [-0.2, 0) is 18.9 Å². The summed E-state index contributed by atoms with van der Waals surface area (Å²) in [4.78, 5) is 0. The van der Waals surface area contributed by atoms with Crippen molar-refractivity contribution in [1.82, 2.24) is 10.6 Å². The van der Waals surface area contributed by atoms with Crippen molar-refractivity contribution in [2.24, 2.45) is 22.9 Å². The lowest BCUT2D eigenvalue weighted by molar-refractivity contribution is -0.316. The maximum absolute atomic E-state index is 11.4. The van der Waals surface area contributed by atoms with E-state index < -0.39 is 98.3 Å². The second-order valence-corrected chi connectivity index (χ2v) is 10.7. The van der Waals surface area contributed by atoms with Crippen molar-refractivity contribution in [3.63, 3.8) is 0 Å². The van der Waals surface area contributed by atoms with Gasteiger partial charge in [-0.1, -0.05) is 0 Å². The molecule has 1 saturated carbocycles. The quantitative estimate of drug-likeness (QED) is 0.0894. The van der Waals surface area contributed by atoms with Crippen LogP contribution in [0.3, 0.4) is 0 Å². The van der Waals surface area contributed by atoms with E-state index in [4.69, 9.17) is 47.0 Å². The summed E-state index contributed by atoms with van der Waals surface area (Å²) >= 11 is 0. The summed E-state index contributed by atoms with van der Waals surface area (Å²) in [5.41, 5.74) is 24.0. The molecular weight excluding hydrogens is 536 g/mol. The molecule has 0 aromatic carbocycles. The second kappa shape index (κ2) is 15.7. The Morgan fingerprint density at radius 3 is 2.17 bits per heavy atom. The Balaban J connectivity index is 1.76. The van der Waals surface area contributed by atoms with Gasteiger partial charge in [-0.05, 0) is 12.8 Å². The van der Waals surface area contributed by atoms with Crippen LogP contribution in [0, 0.1) is 0 Å². The third-order valence-electron chi connectivity index (χ3n) is 7.66. The number of hydrogen-bond acceptors (Lipinski definition) is 17. The molecule has 0 amide bonds. The van der Waals surface area contributed by atoms with Crippen LogP contribution in [-0.4, -0.2) is 167 Å². The van der Waals surface area contributed by atoms with Gasteiger partial charge in [0.2, 0.25) is 0 Å². The maximum atomic E-state index is 11.4. The van der Waals surface area contributed by atoms with Gasteiger partial charge in [0.15, 0.2) is 12.6 Å². The minimum absolute atomic E-state index is 0.0158. The van der Waals surface area contributed by atoms with Gasteiger partial charge in [-0.25, -0.2) is 0 Å². The molecule has 0 aromatic heterocycles. The van der Waals surface area contributed by atoms with E-state index in [0.717, 1.165) is 0 Å².